The smallest absolute Gasteiger partial charge is 0.189 e. The molecule has 0 bridgehead atoms. The second kappa shape index (κ2) is 5.95. The van der Waals surface area contributed by atoms with Crippen LogP contribution < -0.4 is 4.74 Å². The Morgan fingerprint density at radius 2 is 2.20 bits per heavy atom. The van der Waals surface area contributed by atoms with E-state index in [1.165, 1.54) is 0 Å². The molecule has 1 N–H and O–H groups in total. The van der Waals surface area contributed by atoms with Crippen LogP contribution in [-0.4, -0.2) is 18.5 Å². The van der Waals surface area contributed by atoms with Gasteiger partial charge in [0, 0.05) is 6.61 Å². The molecular weight excluding hydrogens is 216 g/mol. The molecule has 1 aromatic carbocycles. The Morgan fingerprint density at radius 1 is 1.47 bits per heavy atom. The lowest BCUT2D eigenvalue weighted by Crippen LogP contribution is -2.02. The maximum absolute atomic E-state index is 9.33. The van der Waals surface area contributed by atoms with Gasteiger partial charge >= 0.3 is 0 Å². The number of rotatable bonds is 5. The molecule has 0 heterocycles. The van der Waals surface area contributed by atoms with Crippen molar-refractivity contribution in [3.63, 3.8) is 0 Å². The summed E-state index contributed by atoms with van der Waals surface area (Å²) in [5, 5.41) is 9.81. The molecule has 0 fully saturated rings. The average molecular weight is 231 g/mol. The molecule has 0 radical (unpaired) electrons. The Morgan fingerprint density at radius 3 is 2.73 bits per heavy atom. The molecule has 1 rings (SSSR count). The van der Waals surface area contributed by atoms with Crippen molar-refractivity contribution in [2.45, 2.75) is 20.0 Å². The second-order valence-electron chi connectivity index (χ2n) is 3.12. The van der Waals surface area contributed by atoms with Crippen LogP contribution in [0.15, 0.2) is 18.2 Å². The van der Waals surface area contributed by atoms with E-state index < -0.39 is 6.10 Å². The number of aliphatic hydroxyl groups excluding tert-OH is 1. The number of benzene rings is 1. The van der Waals surface area contributed by atoms with Crippen molar-refractivity contribution in [1.29, 1.82) is 0 Å². The van der Waals surface area contributed by atoms with Crippen molar-refractivity contribution < 1.29 is 14.6 Å². The van der Waals surface area contributed by atoms with Gasteiger partial charge in [0.25, 0.3) is 0 Å². The lowest BCUT2D eigenvalue weighted by atomic mass is 10.1. The zero-order valence-corrected chi connectivity index (χ0v) is 9.62. The van der Waals surface area contributed by atoms with Crippen molar-refractivity contribution in [3.8, 4) is 5.75 Å². The highest BCUT2D eigenvalue weighted by Crippen LogP contribution is 2.27. The van der Waals surface area contributed by atoms with E-state index in [0.717, 1.165) is 5.56 Å². The number of hydrogen-bond donors (Lipinski definition) is 1. The standard InChI is InChI=1S/C11H15ClO3/c1-3-14-7-15-11-5-4-9(8(2)13)6-10(11)12/h4-6,8,13H,3,7H2,1-2H3. The van der Waals surface area contributed by atoms with Crippen LogP contribution in [0.3, 0.4) is 0 Å². The summed E-state index contributed by atoms with van der Waals surface area (Å²) in [6.45, 7) is 4.36. The van der Waals surface area contributed by atoms with Gasteiger partial charge < -0.3 is 14.6 Å². The summed E-state index contributed by atoms with van der Waals surface area (Å²) in [4.78, 5) is 0. The third-order valence-electron chi connectivity index (χ3n) is 1.94. The van der Waals surface area contributed by atoms with Crippen molar-refractivity contribution in [1.82, 2.24) is 0 Å². The van der Waals surface area contributed by atoms with E-state index in [1.807, 2.05) is 6.92 Å². The van der Waals surface area contributed by atoms with Crippen molar-refractivity contribution in [2.24, 2.45) is 0 Å². The van der Waals surface area contributed by atoms with Crippen LogP contribution in [0.2, 0.25) is 5.02 Å². The van der Waals surface area contributed by atoms with Crippen LogP contribution in [0.25, 0.3) is 0 Å². The van der Waals surface area contributed by atoms with Crippen LogP contribution in [-0.2, 0) is 4.74 Å². The minimum Gasteiger partial charge on any atom is -0.466 e. The highest BCUT2D eigenvalue weighted by Gasteiger charge is 2.06. The molecule has 0 aliphatic heterocycles. The van der Waals surface area contributed by atoms with Gasteiger partial charge in [-0.1, -0.05) is 17.7 Å². The first kappa shape index (κ1) is 12.3. The van der Waals surface area contributed by atoms with Crippen LogP contribution in [0, 0.1) is 0 Å². The minimum atomic E-state index is -0.525. The zero-order chi connectivity index (χ0) is 11.3. The molecule has 0 saturated carbocycles. The van der Waals surface area contributed by atoms with Gasteiger partial charge in [0.2, 0.25) is 0 Å². The Labute approximate surface area is 94.6 Å². The van der Waals surface area contributed by atoms with E-state index in [4.69, 9.17) is 21.1 Å². The third-order valence-corrected chi connectivity index (χ3v) is 2.24. The summed E-state index contributed by atoms with van der Waals surface area (Å²) >= 11 is 5.96. The largest absolute Gasteiger partial charge is 0.466 e. The normalized spacial score (nSPS) is 12.5. The lowest BCUT2D eigenvalue weighted by Gasteiger charge is -2.10. The fourth-order valence-corrected chi connectivity index (χ4v) is 1.33. The molecular formula is C11H15ClO3. The Bertz CT molecular complexity index is 313. The second-order valence-corrected chi connectivity index (χ2v) is 3.53. The molecule has 84 valence electrons. The Balaban J connectivity index is 2.66. The van der Waals surface area contributed by atoms with E-state index in [1.54, 1.807) is 25.1 Å². The van der Waals surface area contributed by atoms with Gasteiger partial charge in [0.15, 0.2) is 6.79 Å². The molecule has 0 spiro atoms. The molecule has 0 saturated heterocycles. The molecule has 1 aromatic rings. The molecule has 0 aliphatic rings. The summed E-state index contributed by atoms with van der Waals surface area (Å²) in [6, 6.07) is 5.19. The molecule has 1 unspecified atom stereocenters. The van der Waals surface area contributed by atoms with Gasteiger partial charge in [0.05, 0.1) is 11.1 Å². The first-order valence-electron chi connectivity index (χ1n) is 4.83. The van der Waals surface area contributed by atoms with Gasteiger partial charge in [-0.25, -0.2) is 0 Å². The predicted octanol–water partition coefficient (Wildman–Crippen LogP) is 2.77. The Kier molecular flexibility index (Phi) is 4.88. The lowest BCUT2D eigenvalue weighted by molar-refractivity contribution is 0.0224. The summed E-state index contributed by atoms with van der Waals surface area (Å²) < 4.78 is 10.3. The third kappa shape index (κ3) is 3.70. The van der Waals surface area contributed by atoms with Crippen LogP contribution >= 0.6 is 11.6 Å². The zero-order valence-electron chi connectivity index (χ0n) is 8.87. The first-order chi connectivity index (χ1) is 7.15. The fraction of sp³-hybridized carbons (Fsp3) is 0.455. The molecule has 3 nitrogen and oxygen atoms in total. The van der Waals surface area contributed by atoms with Crippen molar-refractivity contribution >= 4 is 11.6 Å². The molecule has 1 atom stereocenters. The minimum absolute atomic E-state index is 0.185. The predicted molar refractivity (Wildman–Crippen MR) is 59.2 cm³/mol. The number of aliphatic hydroxyl groups is 1. The maximum Gasteiger partial charge on any atom is 0.189 e. The summed E-state index contributed by atoms with van der Waals surface area (Å²) in [6.07, 6.45) is -0.525. The van der Waals surface area contributed by atoms with E-state index in [0.29, 0.717) is 17.4 Å². The summed E-state index contributed by atoms with van der Waals surface area (Å²) in [5.41, 5.74) is 0.767. The monoisotopic (exact) mass is 230 g/mol. The maximum atomic E-state index is 9.33. The Hall–Kier alpha value is -0.770. The molecule has 4 heteroatoms. The first-order valence-corrected chi connectivity index (χ1v) is 5.21. The van der Waals surface area contributed by atoms with E-state index >= 15 is 0 Å². The van der Waals surface area contributed by atoms with Crippen molar-refractivity contribution in [2.75, 3.05) is 13.4 Å². The summed E-state index contributed by atoms with van der Waals surface area (Å²) in [7, 11) is 0. The molecule has 0 aliphatic carbocycles. The van der Waals surface area contributed by atoms with Crippen LogP contribution in [0.1, 0.15) is 25.5 Å². The highest BCUT2D eigenvalue weighted by atomic mass is 35.5. The fourth-order valence-electron chi connectivity index (χ4n) is 1.08. The van der Waals surface area contributed by atoms with Crippen LogP contribution in [0.4, 0.5) is 0 Å². The van der Waals surface area contributed by atoms with Crippen LogP contribution in [0.5, 0.6) is 5.75 Å². The summed E-state index contributed by atoms with van der Waals surface area (Å²) in [5.74, 6) is 0.564. The van der Waals surface area contributed by atoms with Gasteiger partial charge in [0.1, 0.15) is 5.75 Å². The molecule has 0 amide bonds. The number of hydrogen-bond acceptors (Lipinski definition) is 3. The highest BCUT2D eigenvalue weighted by molar-refractivity contribution is 6.32. The van der Waals surface area contributed by atoms with Gasteiger partial charge in [-0.2, -0.15) is 0 Å². The molecule has 0 aromatic heterocycles. The van der Waals surface area contributed by atoms with Gasteiger partial charge in [-0.05, 0) is 31.5 Å². The SMILES string of the molecule is CCOCOc1ccc(C(C)O)cc1Cl. The average Bonchev–Trinajstić information content (AvgIpc) is 2.20. The topological polar surface area (TPSA) is 38.7 Å². The number of halogens is 1. The molecule has 15 heavy (non-hydrogen) atoms. The quantitative estimate of drug-likeness (QED) is 0.625. The number of ether oxygens (including phenoxy) is 2. The van der Waals surface area contributed by atoms with E-state index in [-0.39, 0.29) is 6.79 Å². The van der Waals surface area contributed by atoms with Gasteiger partial charge in [-0.3, -0.25) is 0 Å². The van der Waals surface area contributed by atoms with Gasteiger partial charge in [-0.15, -0.1) is 0 Å². The van der Waals surface area contributed by atoms with E-state index in [9.17, 15) is 5.11 Å². The van der Waals surface area contributed by atoms with E-state index in [2.05, 4.69) is 0 Å². The van der Waals surface area contributed by atoms with Crippen molar-refractivity contribution in [3.05, 3.63) is 28.8 Å².